The van der Waals surface area contributed by atoms with Crippen LogP contribution >= 0.6 is 0 Å². The van der Waals surface area contributed by atoms with Crippen molar-refractivity contribution in [2.75, 3.05) is 0 Å². The molecular weight excluding hydrogens is 506 g/mol. The SMILES string of the molecule is CCC(=O)[C@@]12O[C@@H](C(OC(N)=O)(c3ccccc3)c3ccccc3)[C@@H](O1)C(c1ccccc1)(c1ccccc1)O2. The number of ether oxygens (including phenoxy) is 4. The molecule has 0 unspecified atom stereocenters. The zero-order chi connectivity index (χ0) is 27.8. The smallest absolute Gasteiger partial charge is 0.405 e. The van der Waals surface area contributed by atoms with Crippen LogP contribution in [0.4, 0.5) is 4.79 Å². The van der Waals surface area contributed by atoms with Gasteiger partial charge in [-0.25, -0.2) is 4.79 Å². The third kappa shape index (κ3) is 3.85. The van der Waals surface area contributed by atoms with Crippen molar-refractivity contribution in [1.82, 2.24) is 0 Å². The predicted molar refractivity (Wildman–Crippen MR) is 147 cm³/mol. The van der Waals surface area contributed by atoms with Crippen LogP contribution < -0.4 is 5.73 Å². The molecule has 6 rings (SSSR count). The Labute approximate surface area is 232 Å². The van der Waals surface area contributed by atoms with E-state index in [9.17, 15) is 9.59 Å². The van der Waals surface area contributed by atoms with Gasteiger partial charge < -0.3 is 24.7 Å². The van der Waals surface area contributed by atoms with E-state index >= 15 is 0 Å². The number of benzene rings is 4. The minimum Gasteiger partial charge on any atom is -0.430 e. The molecule has 4 aromatic rings. The summed E-state index contributed by atoms with van der Waals surface area (Å²) >= 11 is 0. The first kappa shape index (κ1) is 26.0. The van der Waals surface area contributed by atoms with Crippen LogP contribution in [0.5, 0.6) is 0 Å². The molecule has 2 aliphatic rings. The highest BCUT2D eigenvalue weighted by atomic mass is 16.9. The third-order valence-electron chi connectivity index (χ3n) is 7.67. The van der Waals surface area contributed by atoms with E-state index in [1.54, 1.807) is 6.92 Å². The summed E-state index contributed by atoms with van der Waals surface area (Å²) in [5.41, 5.74) is 5.64. The summed E-state index contributed by atoms with van der Waals surface area (Å²) < 4.78 is 25.9. The fraction of sp³-hybridized carbons (Fsp3) is 0.212. The molecule has 1 amide bonds. The van der Waals surface area contributed by atoms with E-state index in [1.807, 2.05) is 121 Å². The quantitative estimate of drug-likeness (QED) is 0.324. The Kier molecular flexibility index (Phi) is 6.50. The molecule has 0 saturated carbocycles. The second-order valence-corrected chi connectivity index (χ2v) is 9.87. The maximum atomic E-state index is 13.6. The number of carbonyl (C=O) groups is 2. The molecule has 40 heavy (non-hydrogen) atoms. The number of nitrogens with two attached hydrogens (primary N) is 1. The van der Waals surface area contributed by atoms with E-state index in [1.165, 1.54) is 0 Å². The number of hydrogen-bond donors (Lipinski definition) is 1. The van der Waals surface area contributed by atoms with Gasteiger partial charge in [0.1, 0.15) is 12.2 Å². The van der Waals surface area contributed by atoms with Gasteiger partial charge in [-0.2, -0.15) is 0 Å². The van der Waals surface area contributed by atoms with Crippen LogP contribution in [0.25, 0.3) is 0 Å². The van der Waals surface area contributed by atoms with Gasteiger partial charge in [-0.05, 0) is 11.1 Å². The summed E-state index contributed by atoms with van der Waals surface area (Å²) in [4.78, 5) is 26.3. The first-order valence-corrected chi connectivity index (χ1v) is 13.3. The summed E-state index contributed by atoms with van der Waals surface area (Å²) in [5.74, 6) is -2.42. The molecule has 2 saturated heterocycles. The topological polar surface area (TPSA) is 97.1 Å². The van der Waals surface area contributed by atoms with Crippen LogP contribution in [0.15, 0.2) is 121 Å². The average Bonchev–Trinajstić information content (AvgIpc) is 3.58. The Balaban J connectivity index is 1.67. The van der Waals surface area contributed by atoms with Crippen molar-refractivity contribution >= 4 is 11.9 Å². The monoisotopic (exact) mass is 535 g/mol. The van der Waals surface area contributed by atoms with Gasteiger partial charge in [0.05, 0.1) is 0 Å². The van der Waals surface area contributed by atoms with Gasteiger partial charge in [-0.15, -0.1) is 0 Å². The Hall–Kier alpha value is -4.30. The van der Waals surface area contributed by atoms with Gasteiger partial charge in [0.2, 0.25) is 5.78 Å². The Bertz CT molecular complexity index is 1420. The van der Waals surface area contributed by atoms with Gasteiger partial charge in [-0.1, -0.05) is 128 Å². The zero-order valence-electron chi connectivity index (χ0n) is 21.9. The molecule has 2 aliphatic heterocycles. The highest BCUT2D eigenvalue weighted by Crippen LogP contribution is 2.60. The van der Waals surface area contributed by atoms with Gasteiger partial charge in [0.25, 0.3) is 0 Å². The fourth-order valence-corrected chi connectivity index (χ4v) is 5.99. The number of ketones is 1. The summed E-state index contributed by atoms with van der Waals surface area (Å²) in [6.45, 7) is 1.72. The molecular formula is C33H29NO6. The highest BCUT2D eigenvalue weighted by Gasteiger charge is 2.75. The molecule has 2 N–H and O–H groups in total. The van der Waals surface area contributed by atoms with Crippen molar-refractivity contribution in [3.8, 4) is 0 Å². The van der Waals surface area contributed by atoms with Gasteiger partial charge >= 0.3 is 12.1 Å². The minimum atomic E-state index is -2.04. The lowest BCUT2D eigenvalue weighted by Gasteiger charge is -2.47. The lowest BCUT2D eigenvalue weighted by molar-refractivity contribution is -0.324. The second kappa shape index (κ2) is 10.0. The second-order valence-electron chi connectivity index (χ2n) is 9.87. The molecule has 4 aromatic carbocycles. The van der Waals surface area contributed by atoms with Crippen molar-refractivity contribution in [1.29, 1.82) is 0 Å². The number of fused-ring (bicyclic) bond motifs is 2. The lowest BCUT2D eigenvalue weighted by atomic mass is 9.71. The molecule has 0 aliphatic carbocycles. The first-order valence-electron chi connectivity index (χ1n) is 13.3. The fourth-order valence-electron chi connectivity index (χ4n) is 5.99. The molecule has 2 heterocycles. The normalized spacial score (nSPS) is 23.0. The van der Waals surface area contributed by atoms with E-state index in [2.05, 4.69) is 0 Å². The van der Waals surface area contributed by atoms with Gasteiger partial charge in [0, 0.05) is 17.5 Å². The molecule has 7 heteroatoms. The summed E-state index contributed by atoms with van der Waals surface area (Å²) in [6.07, 6.45) is -2.89. The first-order chi connectivity index (χ1) is 19.5. The largest absolute Gasteiger partial charge is 0.430 e. The Morgan fingerprint density at radius 1 is 0.750 bits per heavy atom. The third-order valence-corrected chi connectivity index (χ3v) is 7.67. The van der Waals surface area contributed by atoms with Crippen molar-refractivity contribution < 1.29 is 28.5 Å². The minimum absolute atomic E-state index is 0.0967. The number of Topliss-reactive ketones (excluding diaryl/α,β-unsaturated/α-hetero) is 1. The van der Waals surface area contributed by atoms with Crippen molar-refractivity contribution in [2.45, 2.75) is 42.7 Å². The van der Waals surface area contributed by atoms with E-state index in [0.717, 1.165) is 11.1 Å². The summed E-state index contributed by atoms with van der Waals surface area (Å²) in [7, 11) is 0. The van der Waals surface area contributed by atoms with Crippen LogP contribution in [0.1, 0.15) is 35.6 Å². The summed E-state index contributed by atoms with van der Waals surface area (Å²) in [6, 6.07) is 37.6. The molecule has 3 atom stereocenters. The number of rotatable bonds is 8. The number of hydrogen-bond acceptors (Lipinski definition) is 6. The van der Waals surface area contributed by atoms with Crippen LogP contribution in [-0.2, 0) is 34.9 Å². The molecule has 202 valence electrons. The highest BCUT2D eigenvalue weighted by molar-refractivity contribution is 5.85. The number of carbonyl (C=O) groups excluding carboxylic acids is 2. The molecule has 0 aromatic heterocycles. The summed E-state index contributed by atoms with van der Waals surface area (Å²) in [5, 5.41) is 0. The van der Waals surface area contributed by atoms with Crippen LogP contribution in [0.3, 0.4) is 0 Å². The van der Waals surface area contributed by atoms with Crippen molar-refractivity contribution in [3.05, 3.63) is 144 Å². The van der Waals surface area contributed by atoms with Crippen LogP contribution in [-0.4, -0.2) is 30.1 Å². The number of primary amides is 1. The lowest BCUT2D eigenvalue weighted by Crippen LogP contribution is -2.60. The molecule has 0 spiro atoms. The van der Waals surface area contributed by atoms with Crippen molar-refractivity contribution in [3.63, 3.8) is 0 Å². The Morgan fingerprint density at radius 2 is 1.20 bits per heavy atom. The predicted octanol–water partition coefficient (Wildman–Crippen LogP) is 5.42. The van der Waals surface area contributed by atoms with Crippen LogP contribution in [0.2, 0.25) is 0 Å². The van der Waals surface area contributed by atoms with E-state index in [-0.39, 0.29) is 12.2 Å². The standard InChI is InChI=1S/C33H29NO6/c1-2-27(35)33-37-28(31(39-30(34)36,23-15-7-3-8-16-23)24-17-9-4-10-18-24)29(38-33)32(40-33,25-19-11-5-12-20-25)26-21-13-6-14-22-26/h3-22,28-29H,2H2,1H3,(H2,34,36)/t28-,29-,33-/m1/s1. The Morgan fingerprint density at radius 3 is 1.62 bits per heavy atom. The molecule has 7 nitrogen and oxygen atoms in total. The zero-order valence-corrected chi connectivity index (χ0v) is 21.9. The average molecular weight is 536 g/mol. The van der Waals surface area contributed by atoms with Crippen LogP contribution in [0, 0.1) is 0 Å². The van der Waals surface area contributed by atoms with E-state index in [0.29, 0.717) is 11.1 Å². The van der Waals surface area contributed by atoms with Gasteiger partial charge in [0.15, 0.2) is 11.2 Å². The van der Waals surface area contributed by atoms with E-state index in [4.69, 9.17) is 24.7 Å². The maximum absolute atomic E-state index is 13.6. The van der Waals surface area contributed by atoms with Gasteiger partial charge in [-0.3, -0.25) is 4.79 Å². The van der Waals surface area contributed by atoms with E-state index < -0.39 is 35.5 Å². The van der Waals surface area contributed by atoms with Crippen molar-refractivity contribution in [2.24, 2.45) is 5.73 Å². The molecule has 2 bridgehead atoms. The number of amides is 1. The maximum Gasteiger partial charge on any atom is 0.405 e. The molecule has 0 radical (unpaired) electrons. The molecule has 2 fully saturated rings.